The molecule has 0 spiro atoms. The number of amides is 2. The molecule has 1 N–H and O–H groups in total. The molecular formula is C25H21N4O4+. The Hall–Kier alpha value is -4.42. The molecule has 0 saturated carbocycles. The fourth-order valence-electron chi connectivity index (χ4n) is 4.12. The molecule has 0 radical (unpaired) electrons. The number of nitro groups is 1. The van der Waals surface area contributed by atoms with E-state index in [1.165, 1.54) is 29.2 Å². The van der Waals surface area contributed by atoms with E-state index >= 15 is 0 Å². The van der Waals surface area contributed by atoms with E-state index < -0.39 is 28.7 Å². The quantitative estimate of drug-likeness (QED) is 0.158. The standard InChI is InChI=1S/C25H21N4O4/c26-17-21-22(19-9-11-20(12-10-19)29(32)33)23(27-14-5-2-6-15-27)25(31)28(24(21)30)16-13-18-7-3-1-4-8-18/h1-12,14-15,22-23,26H,13,16H2/q+1. The lowest BCUT2D eigenvalue weighted by molar-refractivity contribution is -0.712. The van der Waals surface area contributed by atoms with E-state index in [9.17, 15) is 19.7 Å². The first-order valence-electron chi connectivity index (χ1n) is 10.4. The second-order valence-electron chi connectivity index (χ2n) is 7.66. The number of non-ortho nitro benzene ring substituents is 1. The summed E-state index contributed by atoms with van der Waals surface area (Å²) < 4.78 is 1.70. The SMILES string of the molecule is N=C=C1C(=O)N(CCc2ccccc2)C(=O)C([n+]2ccccc2)C1c1ccc([N+](=O)[O-])cc1. The van der Waals surface area contributed by atoms with Crippen LogP contribution in [0.3, 0.4) is 0 Å². The van der Waals surface area contributed by atoms with Crippen LogP contribution in [0.15, 0.2) is 90.8 Å². The van der Waals surface area contributed by atoms with Gasteiger partial charge in [0.25, 0.3) is 17.5 Å². The van der Waals surface area contributed by atoms with Crippen molar-refractivity contribution in [2.75, 3.05) is 6.54 Å². The number of rotatable bonds is 6. The lowest BCUT2D eigenvalue weighted by Crippen LogP contribution is -2.58. The number of hydrogen-bond acceptors (Lipinski definition) is 5. The first-order valence-corrected chi connectivity index (χ1v) is 10.4. The molecule has 1 aromatic heterocycles. The van der Waals surface area contributed by atoms with Crippen molar-refractivity contribution in [3.05, 3.63) is 112 Å². The van der Waals surface area contributed by atoms with Gasteiger partial charge in [-0.3, -0.25) is 30.0 Å². The first-order chi connectivity index (χ1) is 16.0. The molecule has 0 bridgehead atoms. The Morgan fingerprint density at radius 1 is 0.970 bits per heavy atom. The molecule has 2 aromatic carbocycles. The molecule has 2 amide bonds. The van der Waals surface area contributed by atoms with Crippen molar-refractivity contribution in [3.63, 3.8) is 0 Å². The van der Waals surface area contributed by atoms with E-state index in [0.717, 1.165) is 5.56 Å². The van der Waals surface area contributed by atoms with Gasteiger partial charge < -0.3 is 0 Å². The molecule has 33 heavy (non-hydrogen) atoms. The van der Waals surface area contributed by atoms with Gasteiger partial charge in [0.15, 0.2) is 12.4 Å². The number of nitrogens with one attached hydrogen (secondary N) is 1. The summed E-state index contributed by atoms with van der Waals surface area (Å²) in [6.45, 7) is 0.170. The highest BCUT2D eigenvalue weighted by Gasteiger charge is 2.51. The smallest absolute Gasteiger partial charge is 0.272 e. The van der Waals surface area contributed by atoms with E-state index in [-0.39, 0.29) is 17.8 Å². The summed E-state index contributed by atoms with van der Waals surface area (Å²) in [5, 5.41) is 18.9. The second kappa shape index (κ2) is 9.38. The molecule has 1 fully saturated rings. The Balaban J connectivity index is 1.76. The average molecular weight is 441 g/mol. The highest BCUT2D eigenvalue weighted by molar-refractivity contribution is 6.13. The minimum Gasteiger partial charge on any atom is -0.272 e. The number of imide groups is 1. The van der Waals surface area contributed by atoms with Gasteiger partial charge in [0.05, 0.1) is 16.4 Å². The predicted octanol–water partition coefficient (Wildman–Crippen LogP) is 2.99. The number of nitro benzene ring substituents is 1. The normalized spacial score (nSPS) is 18.2. The third kappa shape index (κ3) is 4.33. The lowest BCUT2D eigenvalue weighted by Gasteiger charge is -2.34. The van der Waals surface area contributed by atoms with Crippen LogP contribution in [-0.2, 0) is 16.0 Å². The summed E-state index contributed by atoms with van der Waals surface area (Å²) in [5.74, 6) is 0.500. The molecule has 2 heterocycles. The summed E-state index contributed by atoms with van der Waals surface area (Å²) in [4.78, 5) is 38.7. The minimum atomic E-state index is -0.839. The van der Waals surface area contributed by atoms with Crippen LogP contribution in [0.25, 0.3) is 0 Å². The van der Waals surface area contributed by atoms with Crippen molar-refractivity contribution in [2.45, 2.75) is 18.4 Å². The molecule has 8 nitrogen and oxygen atoms in total. The van der Waals surface area contributed by atoms with E-state index in [1.807, 2.05) is 36.4 Å². The van der Waals surface area contributed by atoms with E-state index in [0.29, 0.717) is 12.0 Å². The van der Waals surface area contributed by atoms with Crippen molar-refractivity contribution in [1.82, 2.24) is 4.90 Å². The van der Waals surface area contributed by atoms with Gasteiger partial charge >= 0.3 is 0 Å². The number of aromatic nitrogens is 1. The van der Waals surface area contributed by atoms with Crippen LogP contribution in [0.1, 0.15) is 23.1 Å². The Labute approximate surface area is 190 Å². The molecule has 1 aliphatic heterocycles. The summed E-state index contributed by atoms with van der Waals surface area (Å²) >= 11 is 0. The van der Waals surface area contributed by atoms with Gasteiger partial charge in [-0.15, -0.1) is 0 Å². The Bertz CT molecular complexity index is 1240. The zero-order valence-electron chi connectivity index (χ0n) is 17.6. The molecule has 3 aromatic rings. The van der Waals surface area contributed by atoms with Gasteiger partial charge in [0.1, 0.15) is 0 Å². The van der Waals surface area contributed by atoms with Gasteiger partial charge in [-0.25, -0.2) is 0 Å². The van der Waals surface area contributed by atoms with Crippen LogP contribution in [0.2, 0.25) is 0 Å². The summed E-state index contributed by atoms with van der Waals surface area (Å²) in [5.41, 5.74) is 1.46. The van der Waals surface area contributed by atoms with Crippen molar-refractivity contribution in [2.24, 2.45) is 0 Å². The number of pyridine rings is 1. The number of piperidine rings is 1. The second-order valence-corrected chi connectivity index (χ2v) is 7.66. The van der Waals surface area contributed by atoms with E-state index in [4.69, 9.17) is 5.41 Å². The van der Waals surface area contributed by atoms with Gasteiger partial charge in [-0.05, 0) is 23.4 Å². The number of carbonyl (C=O) groups is 2. The topological polar surface area (TPSA) is 108 Å². The largest absolute Gasteiger partial charge is 0.299 e. The number of hydrogen-bond donors (Lipinski definition) is 1. The van der Waals surface area contributed by atoms with Gasteiger partial charge in [-0.2, -0.15) is 4.57 Å². The van der Waals surface area contributed by atoms with Crippen molar-refractivity contribution in [3.8, 4) is 0 Å². The number of benzene rings is 2. The van der Waals surface area contributed by atoms with Crippen LogP contribution in [0.4, 0.5) is 5.69 Å². The maximum absolute atomic E-state index is 13.7. The Morgan fingerprint density at radius 2 is 1.61 bits per heavy atom. The van der Waals surface area contributed by atoms with Crippen LogP contribution >= 0.6 is 0 Å². The van der Waals surface area contributed by atoms with Crippen molar-refractivity contribution >= 4 is 23.4 Å². The van der Waals surface area contributed by atoms with Crippen molar-refractivity contribution < 1.29 is 19.1 Å². The number of likely N-dealkylation sites (tertiary alicyclic amines) is 1. The number of nitrogens with zero attached hydrogens (tertiary/aromatic N) is 3. The first kappa shape index (κ1) is 21.8. The highest BCUT2D eigenvalue weighted by atomic mass is 16.6. The fraction of sp³-hybridized carbons (Fsp3) is 0.160. The monoisotopic (exact) mass is 441 g/mol. The van der Waals surface area contributed by atoms with Gasteiger partial charge in [0, 0.05) is 30.8 Å². The molecule has 2 unspecified atom stereocenters. The zero-order chi connectivity index (χ0) is 23.4. The van der Waals surface area contributed by atoms with Crippen LogP contribution < -0.4 is 4.57 Å². The summed E-state index contributed by atoms with van der Waals surface area (Å²) in [6, 6.07) is 19.8. The maximum atomic E-state index is 13.7. The van der Waals surface area contributed by atoms with Crippen molar-refractivity contribution in [1.29, 1.82) is 5.41 Å². The maximum Gasteiger partial charge on any atom is 0.299 e. The molecule has 4 rings (SSSR count). The van der Waals surface area contributed by atoms with Gasteiger partial charge in [-0.1, -0.05) is 48.5 Å². The van der Waals surface area contributed by atoms with E-state index in [1.54, 1.807) is 29.1 Å². The van der Waals surface area contributed by atoms with Crippen LogP contribution in [0, 0.1) is 15.5 Å². The zero-order valence-corrected chi connectivity index (χ0v) is 17.6. The average Bonchev–Trinajstić information content (AvgIpc) is 2.85. The van der Waals surface area contributed by atoms with Gasteiger partial charge in [0.2, 0.25) is 6.04 Å². The fourth-order valence-corrected chi connectivity index (χ4v) is 4.12. The van der Waals surface area contributed by atoms with Crippen LogP contribution in [0.5, 0.6) is 0 Å². The van der Waals surface area contributed by atoms with E-state index in [2.05, 4.69) is 5.87 Å². The third-order valence-corrected chi connectivity index (χ3v) is 5.75. The lowest BCUT2D eigenvalue weighted by atomic mass is 9.80. The predicted molar refractivity (Wildman–Crippen MR) is 120 cm³/mol. The van der Waals surface area contributed by atoms with Crippen LogP contribution in [-0.4, -0.2) is 34.1 Å². The molecule has 164 valence electrons. The molecule has 1 saturated heterocycles. The summed E-state index contributed by atoms with van der Waals surface area (Å²) in [6.07, 6.45) is 3.94. The third-order valence-electron chi connectivity index (χ3n) is 5.75. The molecule has 8 heteroatoms. The summed E-state index contributed by atoms with van der Waals surface area (Å²) in [7, 11) is 0. The number of carbonyl (C=O) groups excluding carboxylic acids is 2. The highest BCUT2D eigenvalue weighted by Crippen LogP contribution is 2.38. The molecular weight excluding hydrogens is 420 g/mol. The Kier molecular flexibility index (Phi) is 6.20. The molecule has 2 atom stereocenters. The Morgan fingerprint density at radius 3 is 2.21 bits per heavy atom. The molecule has 0 aliphatic carbocycles. The molecule has 1 aliphatic rings. The minimum absolute atomic E-state index is 0.0397.